The molecule has 2 heterocycles. The molecule has 3 aromatic rings. The fraction of sp³-hybridized carbons (Fsp3) is 0. The van der Waals surface area contributed by atoms with Crippen molar-refractivity contribution in [2.45, 2.75) is 0 Å². The quantitative estimate of drug-likeness (QED) is 0.330. The minimum Gasteiger partial charge on any atom is -0.457 e. The number of hydrogen-bond acceptors (Lipinski definition) is 4. The van der Waals surface area contributed by atoms with Gasteiger partial charge in [0, 0.05) is 11.6 Å². The lowest BCUT2D eigenvalue weighted by Crippen LogP contribution is -2.28. The Bertz CT molecular complexity index is 1170. The van der Waals surface area contributed by atoms with E-state index in [0.717, 1.165) is 11.8 Å². The van der Waals surface area contributed by atoms with E-state index in [9.17, 15) is 9.18 Å². The Hall–Kier alpha value is -2.25. The average Bonchev–Trinajstić information content (AvgIpc) is 3.24. The van der Waals surface area contributed by atoms with Crippen molar-refractivity contribution in [1.82, 2.24) is 0 Å². The highest BCUT2D eigenvalue weighted by Crippen LogP contribution is 2.38. The van der Waals surface area contributed by atoms with Crippen LogP contribution in [-0.4, -0.2) is 11.1 Å². The molecule has 0 saturated carbocycles. The van der Waals surface area contributed by atoms with Crippen LogP contribution in [0.4, 0.5) is 10.1 Å². The van der Waals surface area contributed by atoms with Gasteiger partial charge in [-0.1, -0.05) is 34.8 Å². The highest BCUT2D eigenvalue weighted by molar-refractivity contribution is 8.19. The van der Waals surface area contributed by atoms with E-state index in [1.54, 1.807) is 24.3 Å². The maximum absolute atomic E-state index is 13.1. The first-order valence-electron chi connectivity index (χ1n) is 8.16. The number of carbonyl (C=O) groups is 1. The predicted octanol–water partition coefficient (Wildman–Crippen LogP) is 7.10. The summed E-state index contributed by atoms with van der Waals surface area (Å²) in [5.41, 5.74) is 0.983. The first-order valence-corrected chi connectivity index (χ1v) is 10.1. The van der Waals surface area contributed by atoms with Gasteiger partial charge >= 0.3 is 0 Å². The molecule has 0 aliphatic carbocycles. The second-order valence-corrected chi connectivity index (χ2v) is 8.23. The molecule has 1 saturated heterocycles. The maximum Gasteiger partial charge on any atom is 0.271 e. The van der Waals surface area contributed by atoms with Gasteiger partial charge in [0.25, 0.3) is 5.91 Å². The van der Waals surface area contributed by atoms with E-state index >= 15 is 0 Å². The predicted molar refractivity (Wildman–Crippen MR) is 116 cm³/mol. The molecule has 0 bridgehead atoms. The van der Waals surface area contributed by atoms with Gasteiger partial charge in [-0.05, 0) is 60.3 Å². The van der Waals surface area contributed by atoms with Crippen molar-refractivity contribution in [1.29, 1.82) is 5.41 Å². The summed E-state index contributed by atoms with van der Waals surface area (Å²) < 4.78 is 18.9. The van der Waals surface area contributed by atoms with E-state index in [0.29, 0.717) is 42.7 Å². The molecule has 1 fully saturated rings. The minimum atomic E-state index is -0.417. The van der Waals surface area contributed by atoms with E-state index < -0.39 is 11.7 Å². The number of rotatable bonds is 3. The Balaban J connectivity index is 1.63. The van der Waals surface area contributed by atoms with Gasteiger partial charge in [-0.3, -0.25) is 15.1 Å². The van der Waals surface area contributed by atoms with Crippen LogP contribution in [-0.2, 0) is 4.79 Å². The van der Waals surface area contributed by atoms with Crippen LogP contribution in [0.15, 0.2) is 57.9 Å². The first-order chi connectivity index (χ1) is 13.8. The lowest BCUT2D eigenvalue weighted by Gasteiger charge is -2.13. The standard InChI is InChI=1S/C20H10Cl3FN2O2S/c21-14-9-16(23)15(22)8-13(14)17-6-5-12(28-17)7-18-19(27)26(20(25)29-18)11-3-1-10(24)2-4-11/h1-9,25H/b18-7+,25-20?. The molecule has 0 unspecified atom stereocenters. The molecule has 0 spiro atoms. The molecule has 1 N–H and O–H groups in total. The number of anilines is 1. The van der Waals surface area contributed by atoms with E-state index in [1.165, 1.54) is 35.2 Å². The molecule has 1 amide bonds. The lowest BCUT2D eigenvalue weighted by molar-refractivity contribution is -0.113. The third-order valence-corrected chi connectivity index (χ3v) is 6.01. The summed E-state index contributed by atoms with van der Waals surface area (Å²) in [6.07, 6.45) is 1.54. The SMILES string of the molecule is N=C1S/C(=C/c2ccc(-c3cc(Cl)c(Cl)cc3Cl)o2)C(=O)N1c1ccc(F)cc1. The fourth-order valence-corrected chi connectivity index (χ4v) is 4.21. The summed E-state index contributed by atoms with van der Waals surface area (Å²) in [6.45, 7) is 0. The highest BCUT2D eigenvalue weighted by Gasteiger charge is 2.33. The van der Waals surface area contributed by atoms with Crippen LogP contribution in [0.1, 0.15) is 5.76 Å². The van der Waals surface area contributed by atoms with E-state index in [2.05, 4.69) is 0 Å². The van der Waals surface area contributed by atoms with Gasteiger partial charge in [0.15, 0.2) is 5.17 Å². The van der Waals surface area contributed by atoms with Gasteiger partial charge in [0.1, 0.15) is 17.3 Å². The van der Waals surface area contributed by atoms with Crippen LogP contribution < -0.4 is 4.90 Å². The van der Waals surface area contributed by atoms with Crippen molar-refractivity contribution in [2.24, 2.45) is 0 Å². The van der Waals surface area contributed by atoms with E-state index in [4.69, 9.17) is 44.6 Å². The van der Waals surface area contributed by atoms with Crippen molar-refractivity contribution in [3.63, 3.8) is 0 Å². The summed E-state index contributed by atoms with van der Waals surface area (Å²) in [5.74, 6) is 0.0598. The molecule has 0 radical (unpaired) electrons. The summed E-state index contributed by atoms with van der Waals surface area (Å²) in [4.78, 5) is 14.2. The van der Waals surface area contributed by atoms with Gasteiger partial charge in [-0.2, -0.15) is 0 Å². The summed E-state index contributed by atoms with van der Waals surface area (Å²) in [7, 11) is 0. The van der Waals surface area contributed by atoms with Gasteiger partial charge in [-0.15, -0.1) is 0 Å². The third kappa shape index (κ3) is 3.94. The van der Waals surface area contributed by atoms with Crippen LogP contribution in [0.25, 0.3) is 17.4 Å². The Kier molecular flexibility index (Phi) is 5.44. The molecule has 9 heteroatoms. The lowest BCUT2D eigenvalue weighted by atomic mass is 10.2. The van der Waals surface area contributed by atoms with Crippen LogP contribution in [0, 0.1) is 11.2 Å². The molecule has 2 aromatic carbocycles. The highest BCUT2D eigenvalue weighted by atomic mass is 35.5. The molecule has 0 atom stereocenters. The Labute approximate surface area is 184 Å². The van der Waals surface area contributed by atoms with Crippen LogP contribution in [0.5, 0.6) is 0 Å². The number of nitrogens with one attached hydrogen (secondary N) is 1. The molecule has 29 heavy (non-hydrogen) atoms. The van der Waals surface area contributed by atoms with Gasteiger partial charge in [0.2, 0.25) is 0 Å². The maximum atomic E-state index is 13.1. The van der Waals surface area contributed by atoms with Crippen LogP contribution in [0.3, 0.4) is 0 Å². The number of halogens is 4. The number of thioether (sulfide) groups is 1. The minimum absolute atomic E-state index is 0.0205. The molecule has 1 aromatic heterocycles. The average molecular weight is 468 g/mol. The first kappa shape index (κ1) is 20.0. The van der Waals surface area contributed by atoms with Gasteiger partial charge in [0.05, 0.1) is 25.7 Å². The second kappa shape index (κ2) is 7.88. The summed E-state index contributed by atoms with van der Waals surface area (Å²) >= 11 is 19.2. The van der Waals surface area contributed by atoms with Crippen molar-refractivity contribution in [3.8, 4) is 11.3 Å². The number of hydrogen-bond donors (Lipinski definition) is 1. The van der Waals surface area contributed by atoms with Crippen molar-refractivity contribution in [3.05, 3.63) is 80.1 Å². The zero-order chi connectivity index (χ0) is 20.7. The van der Waals surface area contributed by atoms with Gasteiger partial charge in [-0.25, -0.2) is 4.39 Å². The number of nitrogens with zero attached hydrogens (tertiary/aromatic N) is 1. The molecular formula is C20H10Cl3FN2O2S. The number of amides is 1. The zero-order valence-corrected chi connectivity index (χ0v) is 17.5. The fourth-order valence-electron chi connectivity index (χ4n) is 2.73. The zero-order valence-electron chi connectivity index (χ0n) is 14.4. The molecule has 1 aliphatic rings. The molecule has 4 rings (SSSR count). The number of furan rings is 1. The largest absolute Gasteiger partial charge is 0.457 e. The molecular weight excluding hydrogens is 458 g/mol. The van der Waals surface area contributed by atoms with Crippen LogP contribution >= 0.6 is 46.6 Å². The third-order valence-electron chi connectivity index (χ3n) is 4.08. The number of benzene rings is 2. The Morgan fingerprint density at radius 1 is 1.00 bits per heavy atom. The van der Waals surface area contributed by atoms with Crippen molar-refractivity contribution in [2.75, 3.05) is 4.90 Å². The van der Waals surface area contributed by atoms with Crippen molar-refractivity contribution >= 4 is 69.4 Å². The van der Waals surface area contributed by atoms with Crippen molar-refractivity contribution < 1.29 is 13.6 Å². The Morgan fingerprint density at radius 2 is 1.69 bits per heavy atom. The Morgan fingerprint density at radius 3 is 2.41 bits per heavy atom. The second-order valence-electron chi connectivity index (χ2n) is 5.98. The smallest absolute Gasteiger partial charge is 0.271 e. The number of amidine groups is 1. The number of carbonyl (C=O) groups excluding carboxylic acids is 1. The van der Waals surface area contributed by atoms with E-state index in [1.807, 2.05) is 0 Å². The summed E-state index contributed by atoms with van der Waals surface area (Å²) in [6, 6.07) is 11.9. The summed E-state index contributed by atoms with van der Waals surface area (Å²) in [5, 5.41) is 9.17. The topological polar surface area (TPSA) is 57.3 Å². The molecule has 1 aliphatic heterocycles. The van der Waals surface area contributed by atoms with Gasteiger partial charge < -0.3 is 4.42 Å². The van der Waals surface area contributed by atoms with E-state index in [-0.39, 0.29) is 5.17 Å². The normalized spacial score (nSPS) is 15.6. The monoisotopic (exact) mass is 466 g/mol. The molecule has 146 valence electrons. The van der Waals surface area contributed by atoms with Crippen LogP contribution in [0.2, 0.25) is 15.1 Å². The molecule has 4 nitrogen and oxygen atoms in total.